The van der Waals surface area contributed by atoms with Gasteiger partial charge >= 0.3 is 6.03 Å². The first kappa shape index (κ1) is 10.5. The van der Waals surface area contributed by atoms with Crippen molar-refractivity contribution in [3.63, 3.8) is 0 Å². The number of aromatic nitrogens is 3. The molecule has 1 N–H and O–H groups in total. The molecule has 1 rings (SSSR count). The van der Waals surface area contributed by atoms with Gasteiger partial charge in [-0.15, -0.1) is 0 Å². The van der Waals surface area contributed by atoms with Gasteiger partial charge in [-0.2, -0.15) is 5.10 Å². The van der Waals surface area contributed by atoms with Crippen LogP contribution in [0.1, 0.15) is 12.7 Å². The van der Waals surface area contributed by atoms with Gasteiger partial charge < -0.3 is 9.80 Å². The first-order valence-corrected chi connectivity index (χ1v) is 4.45. The molecule has 1 heterocycles. The summed E-state index contributed by atoms with van der Waals surface area (Å²) in [6, 6.07) is -0.0242. The molecule has 0 fully saturated rings. The Bertz CT molecular complexity index is 284. The summed E-state index contributed by atoms with van der Waals surface area (Å²) >= 11 is 0. The molecule has 0 aliphatic heterocycles. The van der Waals surface area contributed by atoms with Gasteiger partial charge in [-0.05, 0) is 6.92 Å². The van der Waals surface area contributed by atoms with E-state index < -0.39 is 0 Å². The van der Waals surface area contributed by atoms with Crippen LogP contribution >= 0.6 is 0 Å². The minimum atomic E-state index is -0.0242. The maximum absolute atomic E-state index is 11.6. The van der Waals surface area contributed by atoms with Gasteiger partial charge in [0, 0.05) is 20.6 Å². The molecule has 0 aliphatic rings. The number of urea groups is 1. The van der Waals surface area contributed by atoms with E-state index in [0.717, 1.165) is 0 Å². The van der Waals surface area contributed by atoms with Crippen molar-refractivity contribution in [1.82, 2.24) is 25.0 Å². The number of H-pyrrole nitrogens is 1. The van der Waals surface area contributed by atoms with Gasteiger partial charge in [0.1, 0.15) is 12.2 Å². The molecule has 0 unspecified atom stereocenters. The topological polar surface area (TPSA) is 65.1 Å². The van der Waals surface area contributed by atoms with Gasteiger partial charge in [0.15, 0.2) is 0 Å². The fourth-order valence-electron chi connectivity index (χ4n) is 1.03. The van der Waals surface area contributed by atoms with Crippen molar-refractivity contribution in [2.24, 2.45) is 0 Å². The number of rotatable bonds is 3. The second-order valence-corrected chi connectivity index (χ2v) is 3.08. The molecule has 0 aliphatic carbocycles. The summed E-state index contributed by atoms with van der Waals surface area (Å²) < 4.78 is 0. The number of hydrogen-bond donors (Lipinski definition) is 1. The molecule has 1 aromatic heterocycles. The highest BCUT2D eigenvalue weighted by Gasteiger charge is 2.13. The lowest BCUT2D eigenvalue weighted by atomic mass is 10.5. The summed E-state index contributed by atoms with van der Waals surface area (Å²) in [5.41, 5.74) is 0. The lowest BCUT2D eigenvalue weighted by Gasteiger charge is -2.22. The van der Waals surface area contributed by atoms with Crippen molar-refractivity contribution in [3.8, 4) is 0 Å². The molecule has 6 nitrogen and oxygen atoms in total. The summed E-state index contributed by atoms with van der Waals surface area (Å²) in [5, 5.41) is 6.42. The van der Waals surface area contributed by atoms with Crippen LogP contribution < -0.4 is 0 Å². The van der Waals surface area contributed by atoms with E-state index in [0.29, 0.717) is 18.9 Å². The van der Waals surface area contributed by atoms with Gasteiger partial charge in [-0.25, -0.2) is 9.78 Å². The Balaban J connectivity index is 2.50. The highest BCUT2D eigenvalue weighted by Crippen LogP contribution is 1.98. The third kappa shape index (κ3) is 2.45. The van der Waals surface area contributed by atoms with E-state index in [1.54, 1.807) is 23.9 Å². The van der Waals surface area contributed by atoms with E-state index >= 15 is 0 Å². The number of carbonyl (C=O) groups is 1. The molecule has 0 aromatic carbocycles. The summed E-state index contributed by atoms with van der Waals surface area (Å²) in [7, 11) is 3.50. The van der Waals surface area contributed by atoms with E-state index in [1.165, 1.54) is 6.33 Å². The van der Waals surface area contributed by atoms with Crippen LogP contribution in [0.4, 0.5) is 4.79 Å². The zero-order valence-electron chi connectivity index (χ0n) is 8.69. The maximum Gasteiger partial charge on any atom is 0.319 e. The van der Waals surface area contributed by atoms with Crippen LogP contribution in [0, 0.1) is 0 Å². The van der Waals surface area contributed by atoms with Crippen LogP contribution in [0.2, 0.25) is 0 Å². The maximum atomic E-state index is 11.6. The van der Waals surface area contributed by atoms with Gasteiger partial charge in [0.2, 0.25) is 0 Å². The zero-order valence-corrected chi connectivity index (χ0v) is 8.69. The van der Waals surface area contributed by atoms with Crippen molar-refractivity contribution in [2.75, 3.05) is 20.6 Å². The van der Waals surface area contributed by atoms with Crippen LogP contribution in [0.5, 0.6) is 0 Å². The second kappa shape index (κ2) is 4.59. The highest BCUT2D eigenvalue weighted by atomic mass is 16.2. The SMILES string of the molecule is CCN(C)C(=O)N(C)Cc1ncn[nH]1. The largest absolute Gasteiger partial charge is 0.328 e. The predicted molar refractivity (Wildman–Crippen MR) is 51.5 cm³/mol. The van der Waals surface area contributed by atoms with Crippen molar-refractivity contribution < 1.29 is 4.79 Å². The standard InChI is InChI=1S/C8H15N5O/c1-4-12(2)8(14)13(3)5-7-9-6-10-11-7/h6H,4-5H2,1-3H3,(H,9,10,11). The summed E-state index contributed by atoms with van der Waals surface area (Å²) in [6.07, 6.45) is 1.43. The summed E-state index contributed by atoms with van der Waals surface area (Å²) in [4.78, 5) is 18.8. The van der Waals surface area contributed by atoms with E-state index in [4.69, 9.17) is 0 Å². The lowest BCUT2D eigenvalue weighted by molar-refractivity contribution is 0.172. The summed E-state index contributed by atoms with van der Waals surface area (Å²) in [6.45, 7) is 3.07. The monoisotopic (exact) mass is 197 g/mol. The van der Waals surface area contributed by atoms with Gasteiger partial charge in [-0.1, -0.05) is 0 Å². The van der Waals surface area contributed by atoms with Crippen LogP contribution in [0.3, 0.4) is 0 Å². The molecule has 2 amide bonds. The lowest BCUT2D eigenvalue weighted by Crippen LogP contribution is -2.38. The molecule has 0 radical (unpaired) electrons. The number of amides is 2. The molecule has 0 spiro atoms. The quantitative estimate of drug-likeness (QED) is 0.758. The minimum Gasteiger partial charge on any atom is -0.328 e. The van der Waals surface area contributed by atoms with E-state index in [-0.39, 0.29) is 6.03 Å². The highest BCUT2D eigenvalue weighted by molar-refractivity contribution is 5.73. The third-order valence-electron chi connectivity index (χ3n) is 1.98. The van der Waals surface area contributed by atoms with E-state index in [2.05, 4.69) is 15.2 Å². The number of carbonyl (C=O) groups excluding carboxylic acids is 1. The third-order valence-corrected chi connectivity index (χ3v) is 1.98. The Morgan fingerprint density at radius 2 is 2.21 bits per heavy atom. The van der Waals surface area contributed by atoms with Gasteiger partial charge in [-0.3, -0.25) is 5.10 Å². The van der Waals surface area contributed by atoms with Crippen molar-refractivity contribution in [1.29, 1.82) is 0 Å². The number of aromatic amines is 1. The second-order valence-electron chi connectivity index (χ2n) is 3.08. The Morgan fingerprint density at radius 3 is 2.71 bits per heavy atom. The molecule has 78 valence electrons. The fraction of sp³-hybridized carbons (Fsp3) is 0.625. The molecule has 14 heavy (non-hydrogen) atoms. The van der Waals surface area contributed by atoms with Crippen molar-refractivity contribution in [3.05, 3.63) is 12.2 Å². The van der Waals surface area contributed by atoms with E-state index in [1.807, 2.05) is 6.92 Å². The Labute approximate surface area is 82.9 Å². The van der Waals surface area contributed by atoms with Crippen molar-refractivity contribution >= 4 is 6.03 Å². The zero-order chi connectivity index (χ0) is 10.6. The average Bonchev–Trinajstić information content (AvgIpc) is 2.68. The number of nitrogens with one attached hydrogen (secondary N) is 1. The smallest absolute Gasteiger partial charge is 0.319 e. The average molecular weight is 197 g/mol. The molecule has 1 aromatic rings. The Morgan fingerprint density at radius 1 is 1.50 bits per heavy atom. The normalized spacial score (nSPS) is 9.93. The minimum absolute atomic E-state index is 0.0242. The Kier molecular flexibility index (Phi) is 3.44. The molecule has 6 heteroatoms. The van der Waals surface area contributed by atoms with E-state index in [9.17, 15) is 4.79 Å². The first-order chi connectivity index (χ1) is 6.65. The molecular formula is C8H15N5O. The van der Waals surface area contributed by atoms with Crippen molar-refractivity contribution in [2.45, 2.75) is 13.5 Å². The Hall–Kier alpha value is -1.59. The molecule has 0 saturated heterocycles. The first-order valence-electron chi connectivity index (χ1n) is 4.45. The van der Waals surface area contributed by atoms with Gasteiger partial charge in [0.05, 0.1) is 6.54 Å². The molecule has 0 bridgehead atoms. The molecular weight excluding hydrogens is 182 g/mol. The summed E-state index contributed by atoms with van der Waals surface area (Å²) in [5.74, 6) is 0.686. The molecule has 0 atom stereocenters. The van der Waals surface area contributed by atoms with Crippen LogP contribution in [-0.2, 0) is 6.54 Å². The van der Waals surface area contributed by atoms with Crippen LogP contribution in [0.15, 0.2) is 6.33 Å². The predicted octanol–water partition coefficient (Wildman–Crippen LogP) is 0.308. The number of nitrogens with zero attached hydrogens (tertiary/aromatic N) is 4. The van der Waals surface area contributed by atoms with Crippen LogP contribution in [0.25, 0.3) is 0 Å². The molecule has 0 saturated carbocycles. The van der Waals surface area contributed by atoms with Gasteiger partial charge in [0.25, 0.3) is 0 Å². The van der Waals surface area contributed by atoms with Crippen LogP contribution in [-0.4, -0.2) is 51.7 Å². The number of hydrogen-bond acceptors (Lipinski definition) is 3. The fourth-order valence-corrected chi connectivity index (χ4v) is 1.03.